The number of aryl methyl sites for hydroxylation is 1. The van der Waals surface area contributed by atoms with E-state index in [1.54, 1.807) is 20.3 Å². The minimum atomic E-state index is -0.211. The molecule has 0 atom stereocenters. The number of hydrogen-bond acceptors (Lipinski definition) is 7. The van der Waals surface area contributed by atoms with Gasteiger partial charge in [-0.3, -0.25) is 4.79 Å². The summed E-state index contributed by atoms with van der Waals surface area (Å²) in [5.41, 5.74) is 4.91. The van der Waals surface area contributed by atoms with Gasteiger partial charge in [-0.15, -0.1) is 0 Å². The lowest BCUT2D eigenvalue weighted by molar-refractivity contribution is 0.0949. The van der Waals surface area contributed by atoms with Crippen LogP contribution in [0.5, 0.6) is 17.4 Å². The van der Waals surface area contributed by atoms with Crippen LogP contribution in [-0.4, -0.2) is 62.7 Å². The van der Waals surface area contributed by atoms with Crippen molar-refractivity contribution in [2.24, 2.45) is 0 Å². The van der Waals surface area contributed by atoms with Gasteiger partial charge in [0.1, 0.15) is 18.1 Å². The maximum Gasteiger partial charge on any atom is 0.251 e. The van der Waals surface area contributed by atoms with Gasteiger partial charge in [0.05, 0.1) is 26.3 Å². The average molecular weight is 609 g/mol. The Morgan fingerprint density at radius 2 is 1.67 bits per heavy atom. The molecule has 1 fully saturated rings. The Balaban J connectivity index is 1.53. The largest absolute Gasteiger partial charge is 0.497 e. The van der Waals surface area contributed by atoms with Crippen LogP contribution in [0.1, 0.15) is 65.3 Å². The quantitative estimate of drug-likeness (QED) is 0.249. The standard InChI is InChI=1S/C34H45ClN4O4/c1-8-39(27-13-11-26(12-14-27)38(4)5)31-19-25(35)18-29(23(31)3)33(40)36-20-30-32(17-22(2)37-34(30)42-7)43-21-24-9-15-28(41-6)16-10-24/h9-10,15-19,26-27H,8,11-14,20-21H2,1-7H3,(H,36,40). The number of pyridine rings is 1. The molecular weight excluding hydrogens is 564 g/mol. The summed E-state index contributed by atoms with van der Waals surface area (Å²) in [6.45, 7) is 7.43. The summed E-state index contributed by atoms with van der Waals surface area (Å²) in [5.74, 6) is 1.60. The number of nitrogens with one attached hydrogen (secondary N) is 1. The lowest BCUT2D eigenvalue weighted by atomic mass is 9.89. The van der Waals surface area contributed by atoms with Gasteiger partial charge >= 0.3 is 0 Å². The van der Waals surface area contributed by atoms with Crippen molar-refractivity contribution in [3.8, 4) is 17.4 Å². The summed E-state index contributed by atoms with van der Waals surface area (Å²) in [6, 6.07) is 14.4. The number of aromatic nitrogens is 1. The predicted octanol–water partition coefficient (Wildman–Crippen LogP) is 6.58. The molecule has 0 spiro atoms. The highest BCUT2D eigenvalue weighted by atomic mass is 35.5. The smallest absolute Gasteiger partial charge is 0.251 e. The monoisotopic (exact) mass is 608 g/mol. The van der Waals surface area contributed by atoms with E-state index in [4.69, 9.17) is 25.8 Å². The maximum absolute atomic E-state index is 13.7. The van der Waals surface area contributed by atoms with E-state index in [1.807, 2.05) is 50.2 Å². The van der Waals surface area contributed by atoms with Gasteiger partial charge < -0.3 is 29.3 Å². The lowest BCUT2D eigenvalue weighted by Crippen LogP contribution is -2.42. The normalized spacial score (nSPS) is 16.6. The first-order chi connectivity index (χ1) is 20.6. The molecule has 9 heteroatoms. The second kappa shape index (κ2) is 14.8. The Bertz CT molecular complexity index is 1390. The van der Waals surface area contributed by atoms with E-state index < -0.39 is 0 Å². The van der Waals surface area contributed by atoms with Crippen LogP contribution in [0.15, 0.2) is 42.5 Å². The zero-order valence-electron chi connectivity index (χ0n) is 26.5. The van der Waals surface area contributed by atoms with E-state index in [9.17, 15) is 4.79 Å². The maximum atomic E-state index is 13.7. The number of halogens is 1. The van der Waals surface area contributed by atoms with Crippen molar-refractivity contribution in [1.82, 2.24) is 15.2 Å². The van der Waals surface area contributed by atoms with Gasteiger partial charge in [-0.1, -0.05) is 23.7 Å². The minimum Gasteiger partial charge on any atom is -0.497 e. The van der Waals surface area contributed by atoms with Crippen molar-refractivity contribution in [3.05, 3.63) is 75.4 Å². The fourth-order valence-corrected chi connectivity index (χ4v) is 6.17. The van der Waals surface area contributed by atoms with Crippen LogP contribution in [0.25, 0.3) is 0 Å². The summed E-state index contributed by atoms with van der Waals surface area (Å²) >= 11 is 6.63. The first-order valence-corrected chi connectivity index (χ1v) is 15.3. The molecule has 8 nitrogen and oxygen atoms in total. The third-order valence-electron chi connectivity index (χ3n) is 8.42. The van der Waals surface area contributed by atoms with Gasteiger partial charge in [0.25, 0.3) is 5.91 Å². The number of ether oxygens (including phenoxy) is 3. The van der Waals surface area contributed by atoms with Crippen LogP contribution < -0.4 is 24.4 Å². The van der Waals surface area contributed by atoms with Crippen molar-refractivity contribution in [2.45, 2.75) is 71.7 Å². The van der Waals surface area contributed by atoms with Gasteiger partial charge in [-0.05, 0) is 95.9 Å². The number of amides is 1. The summed E-state index contributed by atoms with van der Waals surface area (Å²) < 4.78 is 17.1. The number of rotatable bonds is 12. The topological polar surface area (TPSA) is 76.2 Å². The number of benzene rings is 2. The molecule has 232 valence electrons. The van der Waals surface area contributed by atoms with Gasteiger partial charge in [0, 0.05) is 46.7 Å². The highest BCUT2D eigenvalue weighted by molar-refractivity contribution is 6.31. The summed E-state index contributed by atoms with van der Waals surface area (Å²) in [6.07, 6.45) is 4.56. The summed E-state index contributed by atoms with van der Waals surface area (Å²) in [7, 11) is 7.53. The van der Waals surface area contributed by atoms with Crippen molar-refractivity contribution in [1.29, 1.82) is 0 Å². The van der Waals surface area contributed by atoms with E-state index >= 15 is 0 Å². The molecule has 1 aliphatic rings. The third-order valence-corrected chi connectivity index (χ3v) is 8.64. The molecule has 3 aromatic rings. The van der Waals surface area contributed by atoms with Crippen molar-refractivity contribution < 1.29 is 19.0 Å². The molecule has 1 N–H and O–H groups in total. The number of anilines is 1. The van der Waals surface area contributed by atoms with Gasteiger partial charge in [0.15, 0.2) is 0 Å². The minimum absolute atomic E-state index is 0.181. The second-order valence-electron chi connectivity index (χ2n) is 11.4. The second-order valence-corrected chi connectivity index (χ2v) is 11.8. The van der Waals surface area contributed by atoms with Crippen LogP contribution in [0.2, 0.25) is 5.02 Å². The lowest BCUT2D eigenvalue weighted by Gasteiger charge is -2.40. The van der Waals surface area contributed by atoms with E-state index in [1.165, 1.54) is 0 Å². The Morgan fingerprint density at radius 3 is 2.28 bits per heavy atom. The van der Waals surface area contributed by atoms with E-state index in [0.717, 1.165) is 60.5 Å². The van der Waals surface area contributed by atoms with Crippen molar-refractivity contribution in [3.63, 3.8) is 0 Å². The van der Waals surface area contributed by atoms with Crippen molar-refractivity contribution in [2.75, 3.05) is 39.8 Å². The Hall–Kier alpha value is -3.49. The van der Waals surface area contributed by atoms with Crippen LogP contribution in [0.3, 0.4) is 0 Å². The van der Waals surface area contributed by atoms with Gasteiger partial charge in [0.2, 0.25) is 5.88 Å². The fraction of sp³-hybridized carbons (Fsp3) is 0.471. The van der Waals surface area contributed by atoms with E-state index in [0.29, 0.717) is 46.5 Å². The Labute approximate surface area is 261 Å². The van der Waals surface area contributed by atoms with E-state index in [-0.39, 0.29) is 12.5 Å². The molecule has 4 rings (SSSR count). The first-order valence-electron chi connectivity index (χ1n) is 15.0. The molecule has 0 saturated heterocycles. The number of carbonyl (C=O) groups excluding carboxylic acids is 1. The zero-order valence-corrected chi connectivity index (χ0v) is 27.3. The third kappa shape index (κ3) is 7.92. The fourth-order valence-electron chi connectivity index (χ4n) is 5.96. The highest BCUT2D eigenvalue weighted by Crippen LogP contribution is 2.34. The number of carbonyl (C=O) groups is 1. The van der Waals surface area contributed by atoms with Crippen LogP contribution in [0.4, 0.5) is 5.69 Å². The Morgan fingerprint density at radius 1 is 1.00 bits per heavy atom. The van der Waals surface area contributed by atoms with Crippen LogP contribution in [0, 0.1) is 13.8 Å². The molecule has 1 amide bonds. The average Bonchev–Trinajstić information content (AvgIpc) is 3.01. The molecular formula is C34H45ClN4O4. The summed E-state index contributed by atoms with van der Waals surface area (Å²) in [5, 5.41) is 3.62. The molecule has 0 radical (unpaired) electrons. The molecule has 1 heterocycles. The van der Waals surface area contributed by atoms with Gasteiger partial charge in [-0.2, -0.15) is 0 Å². The molecule has 0 bridgehead atoms. The Kier molecular flexibility index (Phi) is 11.2. The number of hydrogen-bond donors (Lipinski definition) is 1. The first kappa shape index (κ1) is 32.4. The molecule has 0 aliphatic heterocycles. The highest BCUT2D eigenvalue weighted by Gasteiger charge is 2.28. The van der Waals surface area contributed by atoms with Gasteiger partial charge in [-0.25, -0.2) is 4.98 Å². The zero-order chi connectivity index (χ0) is 31.1. The van der Waals surface area contributed by atoms with E-state index in [2.05, 4.69) is 41.1 Å². The molecule has 1 aromatic heterocycles. The molecule has 2 aromatic carbocycles. The van der Waals surface area contributed by atoms with Crippen molar-refractivity contribution >= 4 is 23.2 Å². The number of nitrogens with zero attached hydrogens (tertiary/aromatic N) is 3. The van der Waals surface area contributed by atoms with Crippen LogP contribution in [-0.2, 0) is 13.2 Å². The van der Waals surface area contributed by atoms with Crippen LogP contribution >= 0.6 is 11.6 Å². The summed E-state index contributed by atoms with van der Waals surface area (Å²) in [4.78, 5) is 22.9. The molecule has 1 saturated carbocycles. The number of methoxy groups -OCH3 is 2. The predicted molar refractivity (Wildman–Crippen MR) is 173 cm³/mol. The molecule has 0 unspecified atom stereocenters. The SMILES string of the molecule is CCN(c1cc(Cl)cc(C(=O)NCc2c(OCc3ccc(OC)cc3)cc(C)nc2OC)c1C)C1CCC(N(C)C)CC1. The molecule has 43 heavy (non-hydrogen) atoms. The molecule has 1 aliphatic carbocycles.